The number of halogens is 1. The number of hydrogen-bond donors (Lipinski definition) is 3. The fourth-order valence-electron chi connectivity index (χ4n) is 1.40. The number of H-pyrrole nitrogens is 1. The number of nitrogens with two attached hydrogens (primary N) is 1. The molecular formula is C11H12BrN5O. The van der Waals surface area contributed by atoms with Gasteiger partial charge >= 0.3 is 0 Å². The third-order valence-corrected chi connectivity index (χ3v) is 3.31. The van der Waals surface area contributed by atoms with Crippen molar-refractivity contribution >= 4 is 33.3 Å². The molecule has 0 spiro atoms. The first-order valence-corrected chi connectivity index (χ1v) is 6.03. The first-order valence-electron chi connectivity index (χ1n) is 5.24. The van der Waals surface area contributed by atoms with E-state index >= 15 is 0 Å². The van der Waals surface area contributed by atoms with Gasteiger partial charge in [0.15, 0.2) is 5.69 Å². The maximum absolute atomic E-state index is 11.9. The molecule has 0 aromatic carbocycles. The molecule has 0 atom stereocenters. The molecule has 0 saturated carbocycles. The van der Waals surface area contributed by atoms with Crippen molar-refractivity contribution in [1.29, 1.82) is 0 Å². The topological polar surface area (TPSA) is 96.7 Å². The van der Waals surface area contributed by atoms with E-state index in [2.05, 4.69) is 36.4 Å². The van der Waals surface area contributed by atoms with Crippen LogP contribution in [-0.2, 0) is 0 Å². The molecule has 7 heteroatoms. The lowest BCUT2D eigenvalue weighted by atomic mass is 10.3. The molecule has 0 saturated heterocycles. The zero-order valence-electron chi connectivity index (χ0n) is 9.91. The summed E-state index contributed by atoms with van der Waals surface area (Å²) in [6.07, 6.45) is 0. The molecule has 2 rings (SSSR count). The fourth-order valence-corrected chi connectivity index (χ4v) is 1.62. The molecule has 0 aliphatic carbocycles. The molecule has 0 aliphatic heterocycles. The highest BCUT2D eigenvalue weighted by Gasteiger charge is 2.15. The first-order chi connectivity index (χ1) is 8.49. The minimum Gasteiger partial charge on any atom is -0.395 e. The summed E-state index contributed by atoms with van der Waals surface area (Å²) >= 11 is 3.34. The average molecular weight is 310 g/mol. The molecule has 18 heavy (non-hydrogen) atoms. The van der Waals surface area contributed by atoms with Crippen molar-refractivity contribution in [2.24, 2.45) is 0 Å². The van der Waals surface area contributed by atoms with E-state index < -0.39 is 0 Å². The van der Waals surface area contributed by atoms with Crippen LogP contribution < -0.4 is 11.1 Å². The van der Waals surface area contributed by atoms with Crippen molar-refractivity contribution in [1.82, 2.24) is 15.2 Å². The number of aromatic amines is 1. The van der Waals surface area contributed by atoms with Crippen LogP contribution in [0.4, 0.5) is 11.5 Å². The van der Waals surface area contributed by atoms with Crippen LogP contribution in [0, 0.1) is 13.8 Å². The molecule has 94 valence electrons. The summed E-state index contributed by atoms with van der Waals surface area (Å²) in [5.41, 5.74) is 7.71. The van der Waals surface area contributed by atoms with Gasteiger partial charge in [-0.25, -0.2) is 4.98 Å². The Labute approximate surface area is 112 Å². The van der Waals surface area contributed by atoms with E-state index in [1.165, 1.54) is 0 Å². The van der Waals surface area contributed by atoms with Crippen molar-refractivity contribution in [3.8, 4) is 0 Å². The van der Waals surface area contributed by atoms with Gasteiger partial charge in [-0.15, -0.1) is 0 Å². The Kier molecular flexibility index (Phi) is 3.33. The van der Waals surface area contributed by atoms with E-state index in [4.69, 9.17) is 5.73 Å². The van der Waals surface area contributed by atoms with E-state index in [9.17, 15) is 4.79 Å². The zero-order chi connectivity index (χ0) is 13.3. The van der Waals surface area contributed by atoms with E-state index in [1.807, 2.05) is 13.0 Å². The Morgan fingerprint density at radius 2 is 2.17 bits per heavy atom. The number of aromatic nitrogens is 3. The number of aryl methyl sites for hydroxylation is 2. The predicted octanol–water partition coefficient (Wildman–Crippen LogP) is 2.02. The van der Waals surface area contributed by atoms with E-state index in [0.717, 1.165) is 10.2 Å². The van der Waals surface area contributed by atoms with Gasteiger partial charge in [0.05, 0.1) is 17.1 Å². The Morgan fingerprint density at radius 3 is 2.72 bits per heavy atom. The van der Waals surface area contributed by atoms with Crippen molar-refractivity contribution in [3.05, 3.63) is 33.7 Å². The van der Waals surface area contributed by atoms with Crippen LogP contribution in [0.1, 0.15) is 21.9 Å². The number of rotatable bonds is 2. The number of hydrogen-bond acceptors (Lipinski definition) is 4. The molecule has 6 nitrogen and oxygen atoms in total. The smallest absolute Gasteiger partial charge is 0.279 e. The summed E-state index contributed by atoms with van der Waals surface area (Å²) < 4.78 is 0.885. The Balaban J connectivity index is 2.21. The highest BCUT2D eigenvalue weighted by Crippen LogP contribution is 2.18. The van der Waals surface area contributed by atoms with Crippen LogP contribution in [0.3, 0.4) is 0 Å². The number of nitrogen functional groups attached to an aromatic ring is 1. The second kappa shape index (κ2) is 4.77. The molecule has 1 amide bonds. The highest BCUT2D eigenvalue weighted by molar-refractivity contribution is 9.10. The molecule has 0 aliphatic rings. The molecule has 2 aromatic heterocycles. The Morgan fingerprint density at radius 1 is 1.44 bits per heavy atom. The molecule has 4 N–H and O–H groups in total. The summed E-state index contributed by atoms with van der Waals surface area (Å²) in [5.74, 6) is 0.0758. The normalized spacial score (nSPS) is 10.4. The van der Waals surface area contributed by atoms with Gasteiger partial charge in [-0.05, 0) is 41.9 Å². The second-order valence-electron chi connectivity index (χ2n) is 3.83. The average Bonchev–Trinajstić information content (AvgIpc) is 2.65. The van der Waals surface area contributed by atoms with Crippen LogP contribution in [0.15, 0.2) is 16.6 Å². The predicted molar refractivity (Wildman–Crippen MR) is 72.4 cm³/mol. The van der Waals surface area contributed by atoms with Crippen LogP contribution in [0.2, 0.25) is 0 Å². The van der Waals surface area contributed by atoms with Crippen LogP contribution in [0.5, 0.6) is 0 Å². The van der Waals surface area contributed by atoms with Crippen LogP contribution >= 0.6 is 15.9 Å². The minimum atomic E-state index is -0.383. The van der Waals surface area contributed by atoms with Crippen LogP contribution in [0.25, 0.3) is 0 Å². The van der Waals surface area contributed by atoms with Gasteiger partial charge in [-0.1, -0.05) is 0 Å². The lowest BCUT2D eigenvalue weighted by Gasteiger charge is -2.05. The summed E-state index contributed by atoms with van der Waals surface area (Å²) in [7, 11) is 0. The monoisotopic (exact) mass is 309 g/mol. The molecule has 0 unspecified atom stereocenters. The van der Waals surface area contributed by atoms with Crippen molar-refractivity contribution in [2.75, 3.05) is 11.1 Å². The van der Waals surface area contributed by atoms with E-state index in [1.54, 1.807) is 13.0 Å². The number of pyridine rings is 1. The molecule has 0 radical (unpaired) electrons. The van der Waals surface area contributed by atoms with Crippen LogP contribution in [-0.4, -0.2) is 21.1 Å². The molecule has 2 heterocycles. The third kappa shape index (κ3) is 2.35. The van der Waals surface area contributed by atoms with Crippen molar-refractivity contribution in [2.45, 2.75) is 13.8 Å². The van der Waals surface area contributed by atoms with Gasteiger partial charge in [-0.2, -0.15) is 5.10 Å². The maximum atomic E-state index is 11.9. The second-order valence-corrected chi connectivity index (χ2v) is 4.68. The van der Waals surface area contributed by atoms with E-state index in [0.29, 0.717) is 17.2 Å². The number of nitrogens with one attached hydrogen (secondary N) is 2. The van der Waals surface area contributed by atoms with Gasteiger partial charge in [-0.3, -0.25) is 9.89 Å². The maximum Gasteiger partial charge on any atom is 0.279 e. The number of nitrogens with zero attached hydrogens (tertiary/aromatic N) is 2. The number of anilines is 2. The lowest BCUT2D eigenvalue weighted by Crippen LogP contribution is -2.15. The molecule has 2 aromatic rings. The van der Waals surface area contributed by atoms with Gasteiger partial charge in [0, 0.05) is 4.47 Å². The van der Waals surface area contributed by atoms with Crippen molar-refractivity contribution < 1.29 is 4.79 Å². The zero-order valence-corrected chi connectivity index (χ0v) is 11.5. The number of carbonyl (C=O) groups excluding carboxylic acids is 1. The number of carbonyl (C=O) groups is 1. The van der Waals surface area contributed by atoms with E-state index in [-0.39, 0.29) is 11.6 Å². The lowest BCUT2D eigenvalue weighted by molar-refractivity contribution is 0.102. The standard InChI is InChI=1S/C11H12BrN5O/c1-5-7(12)3-4-8(14-5)15-11(18)10-9(13)6(2)16-17-10/h3-4H,13H2,1-2H3,(H,16,17)(H,14,15,18). The third-order valence-electron chi connectivity index (χ3n) is 2.47. The number of amides is 1. The Bertz CT molecular complexity index is 607. The van der Waals surface area contributed by atoms with Gasteiger partial charge in [0.2, 0.25) is 0 Å². The molecule has 0 bridgehead atoms. The van der Waals surface area contributed by atoms with Gasteiger partial charge in [0.1, 0.15) is 5.82 Å². The summed E-state index contributed by atoms with van der Waals surface area (Å²) in [6.45, 7) is 3.59. The SMILES string of the molecule is Cc1nc(NC(=O)c2n[nH]c(C)c2N)ccc1Br. The summed E-state index contributed by atoms with van der Waals surface area (Å²) in [6, 6.07) is 3.52. The molecular weight excluding hydrogens is 298 g/mol. The van der Waals surface area contributed by atoms with Gasteiger partial charge in [0.25, 0.3) is 5.91 Å². The minimum absolute atomic E-state index is 0.176. The van der Waals surface area contributed by atoms with Gasteiger partial charge < -0.3 is 11.1 Å². The summed E-state index contributed by atoms with van der Waals surface area (Å²) in [5, 5.41) is 9.16. The molecule has 0 fully saturated rings. The van der Waals surface area contributed by atoms with Crippen molar-refractivity contribution in [3.63, 3.8) is 0 Å². The largest absolute Gasteiger partial charge is 0.395 e. The Hall–Kier alpha value is -1.89. The fraction of sp³-hybridized carbons (Fsp3) is 0.182. The first kappa shape index (κ1) is 12.6. The quantitative estimate of drug-likeness (QED) is 0.790. The highest BCUT2D eigenvalue weighted by atomic mass is 79.9. The summed E-state index contributed by atoms with van der Waals surface area (Å²) in [4.78, 5) is 16.1.